The van der Waals surface area contributed by atoms with Gasteiger partial charge in [0.2, 0.25) is 5.91 Å². The minimum absolute atomic E-state index is 0.0232. The van der Waals surface area contributed by atoms with Gasteiger partial charge in [0.1, 0.15) is 12.4 Å². The first kappa shape index (κ1) is 16.4. The Kier molecular flexibility index (Phi) is 5.10. The lowest BCUT2D eigenvalue weighted by Gasteiger charge is -2.26. The maximum Gasteiger partial charge on any atom is 0.244 e. The summed E-state index contributed by atoms with van der Waals surface area (Å²) in [6.45, 7) is 4.48. The summed E-state index contributed by atoms with van der Waals surface area (Å²) < 4.78 is 20.6. The van der Waals surface area contributed by atoms with Crippen LogP contribution in [0.3, 0.4) is 0 Å². The van der Waals surface area contributed by atoms with Gasteiger partial charge in [-0.3, -0.25) is 9.48 Å². The molecule has 0 bridgehead atoms. The van der Waals surface area contributed by atoms with Gasteiger partial charge in [-0.2, -0.15) is 5.10 Å². The molecule has 24 heavy (non-hydrogen) atoms. The molecule has 0 spiro atoms. The SMILES string of the molecule is C[C@H](Nc1cnn(CC(=O)N2CCOCC2)c1)c1ccccc1F. The molecular formula is C17H21FN4O2. The van der Waals surface area contributed by atoms with E-state index in [1.54, 1.807) is 40.2 Å². The first-order valence-electron chi connectivity index (χ1n) is 8.02. The number of aromatic nitrogens is 2. The highest BCUT2D eigenvalue weighted by Crippen LogP contribution is 2.21. The monoisotopic (exact) mass is 332 g/mol. The maximum absolute atomic E-state index is 13.8. The molecule has 1 aliphatic rings. The van der Waals surface area contributed by atoms with Gasteiger partial charge >= 0.3 is 0 Å². The molecule has 2 aromatic rings. The number of amides is 1. The van der Waals surface area contributed by atoms with Crippen molar-refractivity contribution in [2.45, 2.75) is 19.5 Å². The van der Waals surface area contributed by atoms with Crippen LogP contribution < -0.4 is 5.32 Å². The van der Waals surface area contributed by atoms with Crippen LogP contribution in [-0.4, -0.2) is 46.9 Å². The molecule has 7 heteroatoms. The largest absolute Gasteiger partial charge is 0.378 e. The van der Waals surface area contributed by atoms with Crippen molar-refractivity contribution in [1.82, 2.24) is 14.7 Å². The quantitative estimate of drug-likeness (QED) is 0.910. The number of halogens is 1. The van der Waals surface area contributed by atoms with Crippen LogP contribution in [0.2, 0.25) is 0 Å². The number of carbonyl (C=O) groups excluding carboxylic acids is 1. The summed E-state index contributed by atoms with van der Waals surface area (Å²) in [5, 5.41) is 7.41. The third-order valence-electron chi connectivity index (χ3n) is 4.05. The number of hydrogen-bond acceptors (Lipinski definition) is 4. The van der Waals surface area contributed by atoms with Crippen molar-refractivity contribution in [2.75, 3.05) is 31.6 Å². The van der Waals surface area contributed by atoms with Crippen LogP contribution in [0.25, 0.3) is 0 Å². The molecule has 1 saturated heterocycles. The van der Waals surface area contributed by atoms with Crippen LogP contribution in [0.15, 0.2) is 36.7 Å². The Balaban J connectivity index is 1.59. The zero-order chi connectivity index (χ0) is 16.9. The number of rotatable bonds is 5. The minimum Gasteiger partial charge on any atom is -0.378 e. The standard InChI is InChI=1S/C17H21FN4O2/c1-13(15-4-2-3-5-16(15)18)20-14-10-19-22(11-14)12-17(23)21-6-8-24-9-7-21/h2-5,10-11,13,20H,6-9,12H2,1H3/t13-/m0/s1. The predicted octanol–water partition coefficient (Wildman–Crippen LogP) is 2.05. The van der Waals surface area contributed by atoms with Crippen LogP contribution in [-0.2, 0) is 16.1 Å². The van der Waals surface area contributed by atoms with Crippen molar-refractivity contribution in [1.29, 1.82) is 0 Å². The topological polar surface area (TPSA) is 59.4 Å². The molecule has 0 saturated carbocycles. The number of nitrogens with one attached hydrogen (secondary N) is 1. The first-order chi connectivity index (χ1) is 11.6. The van der Waals surface area contributed by atoms with E-state index in [1.807, 2.05) is 6.92 Å². The number of morpholine rings is 1. The van der Waals surface area contributed by atoms with Crippen molar-refractivity contribution in [3.05, 3.63) is 48.0 Å². The second kappa shape index (κ2) is 7.44. The van der Waals surface area contributed by atoms with Crippen molar-refractivity contribution in [3.63, 3.8) is 0 Å². The van der Waals surface area contributed by atoms with E-state index >= 15 is 0 Å². The molecule has 2 heterocycles. The molecule has 6 nitrogen and oxygen atoms in total. The lowest BCUT2D eigenvalue weighted by Crippen LogP contribution is -2.42. The summed E-state index contributed by atoms with van der Waals surface area (Å²) in [6.07, 6.45) is 3.40. The van der Waals surface area contributed by atoms with Crippen LogP contribution >= 0.6 is 0 Å². The van der Waals surface area contributed by atoms with E-state index in [2.05, 4.69) is 10.4 Å². The molecule has 128 valence electrons. The summed E-state index contributed by atoms with van der Waals surface area (Å²) in [4.78, 5) is 14.0. The Morgan fingerprint density at radius 3 is 2.88 bits per heavy atom. The normalized spacial score (nSPS) is 16.0. The summed E-state index contributed by atoms with van der Waals surface area (Å²) in [7, 11) is 0. The fourth-order valence-electron chi connectivity index (χ4n) is 2.73. The highest BCUT2D eigenvalue weighted by atomic mass is 19.1. The van der Waals surface area contributed by atoms with Crippen molar-refractivity contribution >= 4 is 11.6 Å². The Morgan fingerprint density at radius 2 is 2.12 bits per heavy atom. The van der Waals surface area contributed by atoms with Crippen LogP contribution in [0.5, 0.6) is 0 Å². The van der Waals surface area contributed by atoms with Gasteiger partial charge in [0.15, 0.2) is 0 Å². The van der Waals surface area contributed by atoms with Gasteiger partial charge in [0.25, 0.3) is 0 Å². The molecule has 0 unspecified atom stereocenters. The summed E-state index contributed by atoms with van der Waals surface area (Å²) in [6, 6.07) is 6.47. The molecule has 1 aliphatic heterocycles. The molecule has 1 atom stereocenters. The average molecular weight is 332 g/mol. The van der Waals surface area contributed by atoms with Gasteiger partial charge < -0.3 is 15.0 Å². The van der Waals surface area contributed by atoms with Crippen molar-refractivity contribution in [2.24, 2.45) is 0 Å². The Hall–Kier alpha value is -2.41. The van der Waals surface area contributed by atoms with E-state index in [9.17, 15) is 9.18 Å². The third-order valence-corrected chi connectivity index (χ3v) is 4.05. The second-order valence-electron chi connectivity index (χ2n) is 5.81. The molecular weight excluding hydrogens is 311 g/mol. The highest BCUT2D eigenvalue weighted by Gasteiger charge is 2.17. The third kappa shape index (κ3) is 3.91. The number of carbonyl (C=O) groups is 1. The predicted molar refractivity (Wildman–Crippen MR) is 88.1 cm³/mol. The number of anilines is 1. The van der Waals surface area contributed by atoms with Crippen molar-refractivity contribution < 1.29 is 13.9 Å². The number of nitrogens with zero attached hydrogens (tertiary/aromatic N) is 3. The smallest absolute Gasteiger partial charge is 0.244 e. The Morgan fingerprint density at radius 1 is 1.38 bits per heavy atom. The zero-order valence-electron chi connectivity index (χ0n) is 13.6. The van der Waals surface area contributed by atoms with E-state index in [0.29, 0.717) is 31.9 Å². The molecule has 3 rings (SSSR count). The average Bonchev–Trinajstić information content (AvgIpc) is 3.02. The van der Waals surface area contributed by atoms with Crippen LogP contribution in [0, 0.1) is 5.82 Å². The van der Waals surface area contributed by atoms with E-state index < -0.39 is 0 Å². The van der Waals surface area contributed by atoms with Crippen LogP contribution in [0.1, 0.15) is 18.5 Å². The van der Waals surface area contributed by atoms with Gasteiger partial charge in [-0.1, -0.05) is 18.2 Å². The zero-order valence-corrected chi connectivity index (χ0v) is 13.6. The molecule has 1 fully saturated rings. The van der Waals surface area contributed by atoms with Crippen LogP contribution in [0.4, 0.5) is 10.1 Å². The maximum atomic E-state index is 13.8. The van der Waals surface area contributed by atoms with Crippen molar-refractivity contribution in [3.8, 4) is 0 Å². The lowest BCUT2D eigenvalue weighted by atomic mass is 10.1. The fraction of sp³-hybridized carbons (Fsp3) is 0.412. The molecule has 1 amide bonds. The Bertz CT molecular complexity index is 697. The molecule has 0 aliphatic carbocycles. The highest BCUT2D eigenvalue weighted by molar-refractivity contribution is 5.76. The van der Waals surface area contributed by atoms with Gasteiger partial charge in [0.05, 0.1) is 31.1 Å². The fourth-order valence-corrected chi connectivity index (χ4v) is 2.73. The van der Waals surface area contributed by atoms with E-state index in [1.165, 1.54) is 6.07 Å². The molecule has 1 aromatic carbocycles. The second-order valence-corrected chi connectivity index (χ2v) is 5.81. The first-order valence-corrected chi connectivity index (χ1v) is 8.02. The number of ether oxygens (including phenoxy) is 1. The van der Waals surface area contributed by atoms with Gasteiger partial charge in [-0.15, -0.1) is 0 Å². The van der Waals surface area contributed by atoms with Gasteiger partial charge in [-0.25, -0.2) is 4.39 Å². The summed E-state index contributed by atoms with van der Waals surface area (Å²) in [5.41, 5.74) is 1.34. The van der Waals surface area contributed by atoms with E-state index in [4.69, 9.17) is 4.74 Å². The number of benzene rings is 1. The number of hydrogen-bond donors (Lipinski definition) is 1. The summed E-state index contributed by atoms with van der Waals surface area (Å²) >= 11 is 0. The summed E-state index contributed by atoms with van der Waals surface area (Å²) in [5.74, 6) is -0.220. The molecule has 0 radical (unpaired) electrons. The minimum atomic E-state index is -0.243. The molecule has 1 aromatic heterocycles. The Labute approximate surface area is 140 Å². The van der Waals surface area contributed by atoms with E-state index in [-0.39, 0.29) is 24.3 Å². The van der Waals surface area contributed by atoms with Gasteiger partial charge in [-0.05, 0) is 13.0 Å². The molecule has 1 N–H and O–H groups in total. The lowest BCUT2D eigenvalue weighted by molar-refractivity contribution is -0.136. The van der Waals surface area contributed by atoms with E-state index in [0.717, 1.165) is 5.69 Å². The van der Waals surface area contributed by atoms with Gasteiger partial charge in [0, 0.05) is 24.8 Å².